The summed E-state index contributed by atoms with van der Waals surface area (Å²) in [6, 6.07) is 11.4. The summed E-state index contributed by atoms with van der Waals surface area (Å²) in [5.41, 5.74) is 0.917. The topological polar surface area (TPSA) is 67.7 Å². The molecule has 0 saturated carbocycles. The molecule has 2 fully saturated rings. The average molecular weight is 354 g/mol. The highest BCUT2D eigenvalue weighted by atomic mass is 16.5. The number of benzene rings is 1. The number of nitrogens with zero attached hydrogens (tertiary/aromatic N) is 4. The van der Waals surface area contributed by atoms with E-state index in [0.717, 1.165) is 18.5 Å². The van der Waals surface area contributed by atoms with Crippen LogP contribution in [-0.2, 0) is 16.6 Å². The van der Waals surface area contributed by atoms with E-state index in [1.807, 2.05) is 35.2 Å². The summed E-state index contributed by atoms with van der Waals surface area (Å²) in [6.07, 6.45) is 3.30. The molecular weight excluding hydrogens is 332 g/mol. The minimum atomic E-state index is -0.518. The Morgan fingerprint density at radius 1 is 1.19 bits per heavy atom. The summed E-state index contributed by atoms with van der Waals surface area (Å²) >= 11 is 0. The number of anilines is 1. The highest BCUT2D eigenvalue weighted by molar-refractivity contribution is 5.95. The number of hydrogen-bond acceptors (Lipinski definition) is 4. The Morgan fingerprint density at radius 2 is 2.00 bits per heavy atom. The maximum atomic E-state index is 12.9. The normalized spacial score (nSPS) is 23.5. The molecule has 0 aliphatic carbocycles. The number of likely N-dealkylation sites (tertiary alicyclic amines) is 1. The van der Waals surface area contributed by atoms with E-state index in [2.05, 4.69) is 5.10 Å². The quantitative estimate of drug-likeness (QED) is 0.819. The van der Waals surface area contributed by atoms with E-state index < -0.39 is 5.60 Å². The van der Waals surface area contributed by atoms with Crippen LogP contribution in [0.15, 0.2) is 42.6 Å². The molecule has 1 aromatic heterocycles. The number of para-hydroxylation sites is 1. The number of carbonyl (C=O) groups excluding carboxylic acids is 2. The van der Waals surface area contributed by atoms with E-state index >= 15 is 0 Å². The number of piperidine rings is 1. The largest absolute Gasteiger partial charge is 0.361 e. The molecule has 1 aromatic carbocycles. The molecule has 1 atom stereocenters. The summed E-state index contributed by atoms with van der Waals surface area (Å²) in [5.74, 6) is -0.0901. The first-order chi connectivity index (χ1) is 12.6. The zero-order chi connectivity index (χ0) is 18.1. The monoisotopic (exact) mass is 354 g/mol. The molecule has 136 valence electrons. The molecule has 0 N–H and O–H groups in total. The van der Waals surface area contributed by atoms with E-state index in [1.165, 1.54) is 0 Å². The maximum Gasteiger partial charge on any atom is 0.272 e. The van der Waals surface area contributed by atoms with Crippen LogP contribution in [0, 0.1) is 0 Å². The van der Waals surface area contributed by atoms with E-state index in [0.29, 0.717) is 25.3 Å². The van der Waals surface area contributed by atoms with Crippen LogP contribution in [-0.4, -0.2) is 58.3 Å². The number of hydrogen-bond donors (Lipinski definition) is 0. The van der Waals surface area contributed by atoms with Gasteiger partial charge in [-0.1, -0.05) is 18.2 Å². The smallest absolute Gasteiger partial charge is 0.272 e. The molecule has 2 saturated heterocycles. The molecule has 7 heteroatoms. The van der Waals surface area contributed by atoms with Crippen LogP contribution in [0.25, 0.3) is 0 Å². The zero-order valence-electron chi connectivity index (χ0n) is 14.8. The van der Waals surface area contributed by atoms with Crippen molar-refractivity contribution in [2.75, 3.05) is 31.1 Å². The van der Waals surface area contributed by atoms with Gasteiger partial charge in [0.1, 0.15) is 17.9 Å². The predicted molar refractivity (Wildman–Crippen MR) is 95.8 cm³/mol. The van der Waals surface area contributed by atoms with Gasteiger partial charge < -0.3 is 14.5 Å². The molecule has 7 nitrogen and oxygen atoms in total. The molecule has 0 bridgehead atoms. The number of amides is 2. The van der Waals surface area contributed by atoms with Crippen molar-refractivity contribution >= 4 is 17.5 Å². The van der Waals surface area contributed by atoms with Crippen LogP contribution in [0.4, 0.5) is 5.69 Å². The van der Waals surface area contributed by atoms with Crippen molar-refractivity contribution in [3.8, 4) is 0 Å². The minimum absolute atomic E-state index is 0.0443. The Kier molecular flexibility index (Phi) is 4.24. The van der Waals surface area contributed by atoms with Gasteiger partial charge in [0.2, 0.25) is 0 Å². The summed E-state index contributed by atoms with van der Waals surface area (Å²) in [6.45, 7) is 1.68. The maximum absolute atomic E-state index is 12.9. The van der Waals surface area contributed by atoms with E-state index in [1.54, 1.807) is 28.9 Å². The summed E-state index contributed by atoms with van der Waals surface area (Å²) < 4.78 is 7.58. The molecule has 1 unspecified atom stereocenters. The van der Waals surface area contributed by atoms with E-state index in [-0.39, 0.29) is 18.4 Å². The van der Waals surface area contributed by atoms with Gasteiger partial charge in [-0.15, -0.1) is 0 Å². The number of ether oxygens (including phenoxy) is 1. The molecule has 2 aliphatic rings. The van der Waals surface area contributed by atoms with E-state index in [9.17, 15) is 9.59 Å². The molecule has 0 radical (unpaired) electrons. The standard InChI is InChI=1S/C19H22N4O3/c1-21-16(8-10-20-21)18(25)22-11-5-9-19(13-22)14-23(17(24)12-26-19)15-6-3-2-4-7-15/h2-4,6-8,10H,5,9,11-14H2,1H3. The first-order valence-corrected chi connectivity index (χ1v) is 8.85. The van der Waals surface area contributed by atoms with Crippen molar-refractivity contribution in [3.05, 3.63) is 48.3 Å². The minimum Gasteiger partial charge on any atom is -0.361 e. The summed E-state index contributed by atoms with van der Waals surface area (Å²) in [5, 5.41) is 4.08. The van der Waals surface area contributed by atoms with Gasteiger partial charge in [0, 0.05) is 25.5 Å². The fraction of sp³-hybridized carbons (Fsp3) is 0.421. The highest BCUT2D eigenvalue weighted by Crippen LogP contribution is 2.32. The second-order valence-electron chi connectivity index (χ2n) is 6.96. The lowest BCUT2D eigenvalue weighted by molar-refractivity contribution is -0.144. The van der Waals surface area contributed by atoms with Gasteiger partial charge in [-0.05, 0) is 31.0 Å². The van der Waals surface area contributed by atoms with Gasteiger partial charge in [0.15, 0.2) is 0 Å². The Hall–Kier alpha value is -2.67. The number of rotatable bonds is 2. The van der Waals surface area contributed by atoms with Crippen molar-refractivity contribution in [3.63, 3.8) is 0 Å². The Morgan fingerprint density at radius 3 is 2.73 bits per heavy atom. The molecular formula is C19H22N4O3. The number of aromatic nitrogens is 2. The number of aryl methyl sites for hydroxylation is 1. The van der Waals surface area contributed by atoms with Crippen LogP contribution in [0.1, 0.15) is 23.3 Å². The van der Waals surface area contributed by atoms with Crippen LogP contribution >= 0.6 is 0 Å². The number of carbonyl (C=O) groups is 2. The first kappa shape index (κ1) is 16.8. The molecule has 1 spiro atoms. The van der Waals surface area contributed by atoms with Crippen molar-refractivity contribution < 1.29 is 14.3 Å². The van der Waals surface area contributed by atoms with Crippen LogP contribution < -0.4 is 4.90 Å². The van der Waals surface area contributed by atoms with Crippen molar-refractivity contribution in [2.45, 2.75) is 18.4 Å². The van der Waals surface area contributed by atoms with Crippen LogP contribution in [0.3, 0.4) is 0 Å². The van der Waals surface area contributed by atoms with E-state index in [4.69, 9.17) is 4.74 Å². The lowest BCUT2D eigenvalue weighted by Crippen LogP contribution is -2.62. The third-order valence-electron chi connectivity index (χ3n) is 5.18. The van der Waals surface area contributed by atoms with Crippen LogP contribution in [0.2, 0.25) is 0 Å². The second-order valence-corrected chi connectivity index (χ2v) is 6.96. The summed E-state index contributed by atoms with van der Waals surface area (Å²) in [7, 11) is 1.76. The Balaban J connectivity index is 1.55. The van der Waals surface area contributed by atoms with Gasteiger partial charge in [-0.3, -0.25) is 14.3 Å². The third kappa shape index (κ3) is 2.99. The summed E-state index contributed by atoms with van der Waals surface area (Å²) in [4.78, 5) is 28.8. The van der Waals surface area contributed by atoms with Crippen molar-refractivity contribution in [1.82, 2.24) is 14.7 Å². The SMILES string of the molecule is Cn1nccc1C(=O)N1CCCC2(C1)CN(c1ccccc1)C(=O)CO2. The van der Waals surface area contributed by atoms with Gasteiger partial charge in [0.25, 0.3) is 11.8 Å². The molecule has 2 amide bonds. The molecule has 2 aliphatic heterocycles. The fourth-order valence-electron chi connectivity index (χ4n) is 3.82. The van der Waals surface area contributed by atoms with Gasteiger partial charge >= 0.3 is 0 Å². The lowest BCUT2D eigenvalue weighted by Gasteiger charge is -2.47. The number of morpholine rings is 1. The first-order valence-electron chi connectivity index (χ1n) is 8.85. The van der Waals surface area contributed by atoms with Gasteiger partial charge in [-0.2, -0.15) is 5.10 Å². The van der Waals surface area contributed by atoms with Gasteiger partial charge in [-0.25, -0.2) is 0 Å². The molecule has 4 rings (SSSR count). The molecule has 2 aromatic rings. The average Bonchev–Trinajstić information content (AvgIpc) is 3.10. The lowest BCUT2D eigenvalue weighted by atomic mass is 9.90. The fourth-order valence-corrected chi connectivity index (χ4v) is 3.82. The Bertz CT molecular complexity index is 819. The zero-order valence-corrected chi connectivity index (χ0v) is 14.8. The second kappa shape index (κ2) is 6.57. The Labute approximate surface area is 152 Å². The molecule has 3 heterocycles. The van der Waals surface area contributed by atoms with Crippen molar-refractivity contribution in [1.29, 1.82) is 0 Å². The third-order valence-corrected chi connectivity index (χ3v) is 5.18. The van der Waals surface area contributed by atoms with Crippen molar-refractivity contribution in [2.24, 2.45) is 7.05 Å². The predicted octanol–water partition coefficient (Wildman–Crippen LogP) is 1.46. The van der Waals surface area contributed by atoms with Gasteiger partial charge in [0.05, 0.1) is 13.1 Å². The highest BCUT2D eigenvalue weighted by Gasteiger charge is 2.44. The molecule has 26 heavy (non-hydrogen) atoms. The van der Waals surface area contributed by atoms with Crippen LogP contribution in [0.5, 0.6) is 0 Å².